The predicted octanol–water partition coefficient (Wildman–Crippen LogP) is 1.75. The van der Waals surface area contributed by atoms with Gasteiger partial charge in [0.1, 0.15) is 0 Å². The van der Waals surface area contributed by atoms with Crippen molar-refractivity contribution < 1.29 is 4.79 Å². The van der Waals surface area contributed by atoms with Crippen LogP contribution in [0.2, 0.25) is 0 Å². The molecule has 3 nitrogen and oxygen atoms in total. The average molecular weight is 172 g/mol. The van der Waals surface area contributed by atoms with Gasteiger partial charge in [0, 0.05) is 41.1 Å². The predicted molar refractivity (Wildman–Crippen MR) is 49.7 cm³/mol. The summed E-state index contributed by atoms with van der Waals surface area (Å²) in [4.78, 5) is 18.7. The van der Waals surface area contributed by atoms with Crippen molar-refractivity contribution in [2.24, 2.45) is 0 Å². The number of aldehydes is 1. The van der Waals surface area contributed by atoms with Crippen molar-refractivity contribution in [3.8, 4) is 0 Å². The first-order valence-corrected chi connectivity index (χ1v) is 3.96. The Kier molecular flexibility index (Phi) is 1.77. The summed E-state index contributed by atoms with van der Waals surface area (Å²) < 4.78 is 0. The first kappa shape index (κ1) is 7.86. The fourth-order valence-electron chi connectivity index (χ4n) is 1.43. The van der Waals surface area contributed by atoms with Crippen LogP contribution in [0, 0.1) is 6.92 Å². The van der Waals surface area contributed by atoms with Crippen LogP contribution in [0.5, 0.6) is 0 Å². The van der Waals surface area contributed by atoms with Crippen molar-refractivity contribution in [2.75, 3.05) is 0 Å². The third kappa shape index (κ3) is 1.18. The molecule has 3 heteroatoms. The van der Waals surface area contributed by atoms with E-state index in [2.05, 4.69) is 9.97 Å². The van der Waals surface area contributed by atoms with Gasteiger partial charge in [0.15, 0.2) is 6.29 Å². The molecule has 13 heavy (non-hydrogen) atoms. The van der Waals surface area contributed by atoms with Crippen LogP contribution in [0.25, 0.3) is 10.8 Å². The van der Waals surface area contributed by atoms with Gasteiger partial charge in [-0.25, -0.2) is 0 Å². The Bertz CT molecular complexity index is 460. The number of nitrogens with zero attached hydrogens (tertiary/aromatic N) is 2. The smallest absolute Gasteiger partial charge is 0.152 e. The Morgan fingerprint density at radius 1 is 1.15 bits per heavy atom. The molecule has 0 radical (unpaired) electrons. The van der Waals surface area contributed by atoms with Crippen LogP contribution in [0.15, 0.2) is 24.8 Å². The molecule has 2 aromatic rings. The minimum absolute atomic E-state index is 0.623. The Labute approximate surface area is 75.4 Å². The lowest BCUT2D eigenvalue weighted by molar-refractivity contribution is 0.112. The molecular formula is C10H8N2O. The minimum atomic E-state index is 0.623. The summed E-state index contributed by atoms with van der Waals surface area (Å²) in [5.74, 6) is 0. The molecule has 0 amide bonds. The quantitative estimate of drug-likeness (QED) is 0.615. The van der Waals surface area contributed by atoms with Crippen molar-refractivity contribution in [1.82, 2.24) is 9.97 Å². The topological polar surface area (TPSA) is 42.9 Å². The Morgan fingerprint density at radius 2 is 1.85 bits per heavy atom. The van der Waals surface area contributed by atoms with Crippen molar-refractivity contribution in [1.29, 1.82) is 0 Å². The molecule has 0 N–H and O–H groups in total. The van der Waals surface area contributed by atoms with Crippen LogP contribution in [0.1, 0.15) is 15.9 Å². The molecule has 0 spiro atoms. The van der Waals surface area contributed by atoms with Gasteiger partial charge < -0.3 is 0 Å². The summed E-state index contributed by atoms with van der Waals surface area (Å²) in [6.45, 7) is 1.93. The summed E-state index contributed by atoms with van der Waals surface area (Å²) >= 11 is 0. The number of rotatable bonds is 1. The molecule has 2 heterocycles. The number of hydrogen-bond donors (Lipinski definition) is 0. The first-order chi connectivity index (χ1) is 6.33. The lowest BCUT2D eigenvalue weighted by Crippen LogP contribution is -1.89. The molecular weight excluding hydrogens is 164 g/mol. The highest BCUT2D eigenvalue weighted by molar-refractivity contribution is 5.98. The molecule has 0 saturated heterocycles. The maximum absolute atomic E-state index is 10.7. The fourth-order valence-corrected chi connectivity index (χ4v) is 1.43. The van der Waals surface area contributed by atoms with E-state index in [-0.39, 0.29) is 0 Å². The summed E-state index contributed by atoms with van der Waals surface area (Å²) in [5, 5.41) is 1.85. The maximum Gasteiger partial charge on any atom is 0.152 e. The minimum Gasteiger partial charge on any atom is -0.298 e. The summed E-state index contributed by atoms with van der Waals surface area (Å²) in [7, 11) is 0. The van der Waals surface area contributed by atoms with Gasteiger partial charge in [-0.1, -0.05) is 0 Å². The SMILES string of the molecule is Cc1cncc2cncc(C=O)c12. The number of hydrogen-bond acceptors (Lipinski definition) is 3. The van der Waals surface area contributed by atoms with Crippen molar-refractivity contribution in [2.45, 2.75) is 6.92 Å². The zero-order chi connectivity index (χ0) is 9.26. The molecule has 0 aliphatic rings. The number of carbonyl (C=O) groups excluding carboxylic acids is 1. The van der Waals surface area contributed by atoms with Gasteiger partial charge in [-0.2, -0.15) is 0 Å². The number of carbonyl (C=O) groups is 1. The third-order valence-electron chi connectivity index (χ3n) is 2.01. The van der Waals surface area contributed by atoms with Crippen LogP contribution in [-0.2, 0) is 0 Å². The van der Waals surface area contributed by atoms with E-state index in [9.17, 15) is 4.79 Å². The third-order valence-corrected chi connectivity index (χ3v) is 2.01. The molecule has 2 rings (SSSR count). The summed E-state index contributed by atoms with van der Waals surface area (Å²) in [5.41, 5.74) is 1.62. The van der Waals surface area contributed by atoms with E-state index in [0.717, 1.165) is 22.6 Å². The van der Waals surface area contributed by atoms with Crippen LogP contribution in [-0.4, -0.2) is 16.3 Å². The molecule has 0 aliphatic heterocycles. The molecule has 0 unspecified atom stereocenters. The van der Waals surface area contributed by atoms with Gasteiger partial charge in [-0.05, 0) is 12.5 Å². The molecule has 0 atom stereocenters. The number of aromatic nitrogens is 2. The van der Waals surface area contributed by atoms with Crippen molar-refractivity contribution in [3.63, 3.8) is 0 Å². The molecule has 0 aromatic carbocycles. The normalized spacial score (nSPS) is 10.2. The van der Waals surface area contributed by atoms with Crippen LogP contribution >= 0.6 is 0 Å². The summed E-state index contributed by atoms with van der Waals surface area (Å²) in [6, 6.07) is 0. The first-order valence-electron chi connectivity index (χ1n) is 3.96. The van der Waals surface area contributed by atoms with Crippen LogP contribution < -0.4 is 0 Å². The van der Waals surface area contributed by atoms with E-state index in [1.165, 1.54) is 0 Å². The fraction of sp³-hybridized carbons (Fsp3) is 0.100. The highest BCUT2D eigenvalue weighted by Gasteiger charge is 2.02. The second-order valence-electron chi connectivity index (χ2n) is 2.90. The van der Waals surface area contributed by atoms with Crippen LogP contribution in [0.3, 0.4) is 0 Å². The second kappa shape index (κ2) is 2.94. The monoisotopic (exact) mass is 172 g/mol. The number of fused-ring (bicyclic) bond motifs is 1. The van der Waals surface area contributed by atoms with Gasteiger partial charge in [-0.3, -0.25) is 14.8 Å². The molecule has 64 valence electrons. The lowest BCUT2D eigenvalue weighted by atomic mass is 10.1. The van der Waals surface area contributed by atoms with E-state index in [1.807, 2.05) is 6.92 Å². The van der Waals surface area contributed by atoms with Crippen molar-refractivity contribution >= 4 is 17.1 Å². The van der Waals surface area contributed by atoms with E-state index >= 15 is 0 Å². The van der Waals surface area contributed by atoms with Crippen molar-refractivity contribution in [3.05, 3.63) is 35.9 Å². The Morgan fingerprint density at radius 3 is 2.54 bits per heavy atom. The standard InChI is InChI=1S/C10H8N2O/c1-7-2-11-3-8-4-12-5-9(6-13)10(7)8/h2-6H,1H3. The molecule has 0 aliphatic carbocycles. The lowest BCUT2D eigenvalue weighted by Gasteiger charge is -2.01. The van der Waals surface area contributed by atoms with E-state index in [4.69, 9.17) is 0 Å². The maximum atomic E-state index is 10.7. The van der Waals surface area contributed by atoms with E-state index in [1.54, 1.807) is 24.8 Å². The molecule has 0 bridgehead atoms. The zero-order valence-electron chi connectivity index (χ0n) is 7.19. The Balaban J connectivity index is 2.94. The second-order valence-corrected chi connectivity index (χ2v) is 2.90. The number of pyridine rings is 2. The van der Waals surface area contributed by atoms with E-state index in [0.29, 0.717) is 5.56 Å². The van der Waals surface area contributed by atoms with Gasteiger partial charge >= 0.3 is 0 Å². The van der Waals surface area contributed by atoms with Gasteiger partial charge in [0.05, 0.1) is 0 Å². The zero-order valence-corrected chi connectivity index (χ0v) is 7.19. The Hall–Kier alpha value is -1.77. The highest BCUT2D eigenvalue weighted by atomic mass is 16.1. The molecule has 0 saturated carbocycles. The average Bonchev–Trinajstić information content (AvgIpc) is 2.17. The van der Waals surface area contributed by atoms with Crippen LogP contribution in [0.4, 0.5) is 0 Å². The molecule has 0 fully saturated rings. The summed E-state index contributed by atoms with van der Waals surface area (Å²) in [6.07, 6.45) is 7.56. The van der Waals surface area contributed by atoms with Gasteiger partial charge in [-0.15, -0.1) is 0 Å². The highest BCUT2D eigenvalue weighted by Crippen LogP contribution is 2.18. The van der Waals surface area contributed by atoms with Gasteiger partial charge in [0.2, 0.25) is 0 Å². The van der Waals surface area contributed by atoms with E-state index < -0.39 is 0 Å². The largest absolute Gasteiger partial charge is 0.298 e. The van der Waals surface area contributed by atoms with Gasteiger partial charge in [0.25, 0.3) is 0 Å². The number of aryl methyl sites for hydroxylation is 1. The molecule has 2 aromatic heterocycles.